The summed E-state index contributed by atoms with van der Waals surface area (Å²) < 4.78 is 10.4. The lowest BCUT2D eigenvalue weighted by atomic mass is 9.86. The van der Waals surface area contributed by atoms with Crippen molar-refractivity contribution in [3.63, 3.8) is 0 Å². The Morgan fingerprint density at radius 1 is 1.43 bits per heavy atom. The Bertz CT molecular complexity index is 489. The van der Waals surface area contributed by atoms with E-state index in [0.717, 1.165) is 25.0 Å². The molecule has 0 radical (unpaired) electrons. The number of carboxylic acids is 1. The van der Waals surface area contributed by atoms with E-state index in [1.165, 1.54) is 11.1 Å². The number of ether oxygens (including phenoxy) is 2. The molecule has 1 aromatic rings. The van der Waals surface area contributed by atoms with E-state index in [0.29, 0.717) is 13.2 Å². The number of nitrogens with zero attached hydrogens (tertiary/aromatic N) is 1. The molecule has 1 aromatic carbocycles. The highest BCUT2D eigenvalue weighted by Crippen LogP contribution is 2.35. The number of carbonyl (C=O) groups is 1. The van der Waals surface area contributed by atoms with E-state index in [9.17, 15) is 4.79 Å². The van der Waals surface area contributed by atoms with Crippen LogP contribution < -0.4 is 4.74 Å². The van der Waals surface area contributed by atoms with Gasteiger partial charge in [0.05, 0.1) is 20.3 Å². The van der Waals surface area contributed by atoms with Crippen molar-refractivity contribution < 1.29 is 19.4 Å². The molecule has 0 aliphatic heterocycles. The lowest BCUT2D eigenvalue weighted by Gasteiger charge is -2.35. The van der Waals surface area contributed by atoms with Crippen molar-refractivity contribution in [2.24, 2.45) is 0 Å². The lowest BCUT2D eigenvalue weighted by molar-refractivity contribution is -0.139. The molecule has 0 bridgehead atoms. The van der Waals surface area contributed by atoms with Crippen LogP contribution in [0.3, 0.4) is 0 Å². The standard InChI is InChI=1S/C16H23NO4/c1-20-9-8-17(11-16(18)19)15-5-3-4-12-10-13(21-2)6-7-14(12)15/h6-7,10,15H,3-5,8-9,11H2,1-2H3,(H,18,19). The van der Waals surface area contributed by atoms with Crippen LogP contribution in [0.15, 0.2) is 18.2 Å². The van der Waals surface area contributed by atoms with Gasteiger partial charge in [-0.25, -0.2) is 0 Å². The van der Waals surface area contributed by atoms with Gasteiger partial charge in [0, 0.05) is 19.7 Å². The van der Waals surface area contributed by atoms with E-state index in [1.54, 1.807) is 14.2 Å². The maximum absolute atomic E-state index is 11.1. The smallest absolute Gasteiger partial charge is 0.317 e. The van der Waals surface area contributed by atoms with Crippen LogP contribution in [0.25, 0.3) is 0 Å². The number of hydrogen-bond donors (Lipinski definition) is 1. The van der Waals surface area contributed by atoms with Crippen LogP contribution in [0.1, 0.15) is 30.0 Å². The van der Waals surface area contributed by atoms with Crippen molar-refractivity contribution in [2.45, 2.75) is 25.3 Å². The minimum absolute atomic E-state index is 0.0412. The molecule has 0 heterocycles. The highest BCUT2D eigenvalue weighted by Gasteiger charge is 2.27. The number of benzene rings is 1. The van der Waals surface area contributed by atoms with Crippen molar-refractivity contribution in [3.05, 3.63) is 29.3 Å². The molecule has 0 spiro atoms. The fourth-order valence-corrected chi connectivity index (χ4v) is 3.00. The highest BCUT2D eigenvalue weighted by molar-refractivity contribution is 5.69. The Morgan fingerprint density at radius 2 is 2.24 bits per heavy atom. The molecule has 1 aliphatic carbocycles. The van der Waals surface area contributed by atoms with Crippen molar-refractivity contribution >= 4 is 5.97 Å². The monoisotopic (exact) mass is 293 g/mol. The summed E-state index contributed by atoms with van der Waals surface area (Å²) in [6.45, 7) is 1.20. The third-order valence-electron chi connectivity index (χ3n) is 3.99. The number of hydrogen-bond acceptors (Lipinski definition) is 4. The molecule has 116 valence electrons. The predicted octanol–water partition coefficient (Wildman–Crippen LogP) is 2.11. The number of fused-ring (bicyclic) bond motifs is 1. The number of aliphatic carboxylic acids is 1. The molecule has 5 nitrogen and oxygen atoms in total. The second kappa shape index (κ2) is 7.43. The minimum atomic E-state index is -0.799. The van der Waals surface area contributed by atoms with E-state index >= 15 is 0 Å². The second-order valence-corrected chi connectivity index (χ2v) is 5.33. The van der Waals surface area contributed by atoms with Gasteiger partial charge in [0.1, 0.15) is 5.75 Å². The second-order valence-electron chi connectivity index (χ2n) is 5.33. The molecule has 1 atom stereocenters. The van der Waals surface area contributed by atoms with Gasteiger partial charge in [0.25, 0.3) is 0 Å². The molecule has 0 saturated carbocycles. The Kier molecular flexibility index (Phi) is 5.59. The molecule has 1 unspecified atom stereocenters. The third kappa shape index (κ3) is 3.95. The van der Waals surface area contributed by atoms with Gasteiger partial charge >= 0.3 is 5.97 Å². The summed E-state index contributed by atoms with van der Waals surface area (Å²) in [5.41, 5.74) is 2.48. The number of aryl methyl sites for hydroxylation is 1. The molecular weight excluding hydrogens is 270 g/mol. The Labute approximate surface area is 125 Å². The molecule has 0 fully saturated rings. The fourth-order valence-electron chi connectivity index (χ4n) is 3.00. The van der Waals surface area contributed by atoms with E-state index in [2.05, 4.69) is 12.1 Å². The third-order valence-corrected chi connectivity index (χ3v) is 3.99. The number of rotatable bonds is 7. The lowest BCUT2D eigenvalue weighted by Crippen LogP contribution is -2.37. The van der Waals surface area contributed by atoms with Crippen LogP contribution in [0.4, 0.5) is 0 Å². The van der Waals surface area contributed by atoms with Crippen molar-refractivity contribution in [3.8, 4) is 5.75 Å². The summed E-state index contributed by atoms with van der Waals surface area (Å²) in [4.78, 5) is 13.1. The van der Waals surface area contributed by atoms with Crippen LogP contribution in [0.5, 0.6) is 5.75 Å². The highest BCUT2D eigenvalue weighted by atomic mass is 16.5. The van der Waals surface area contributed by atoms with Gasteiger partial charge in [-0.2, -0.15) is 0 Å². The molecule has 0 aromatic heterocycles. The summed E-state index contributed by atoms with van der Waals surface area (Å²) >= 11 is 0. The van der Waals surface area contributed by atoms with Gasteiger partial charge < -0.3 is 14.6 Å². The molecule has 1 N–H and O–H groups in total. The molecule has 0 amide bonds. The van der Waals surface area contributed by atoms with Crippen LogP contribution in [0, 0.1) is 0 Å². The summed E-state index contributed by atoms with van der Waals surface area (Å²) in [5.74, 6) is 0.0582. The first-order valence-corrected chi connectivity index (χ1v) is 7.27. The Hall–Kier alpha value is -1.59. The summed E-state index contributed by atoms with van der Waals surface area (Å²) in [6, 6.07) is 6.23. The van der Waals surface area contributed by atoms with Crippen molar-refractivity contribution in [1.82, 2.24) is 4.90 Å². The normalized spacial score (nSPS) is 17.6. The minimum Gasteiger partial charge on any atom is -0.497 e. The zero-order valence-corrected chi connectivity index (χ0v) is 12.7. The van der Waals surface area contributed by atoms with Gasteiger partial charge in [-0.1, -0.05) is 6.07 Å². The van der Waals surface area contributed by atoms with Crippen LogP contribution in [0.2, 0.25) is 0 Å². The maximum Gasteiger partial charge on any atom is 0.317 e. The largest absolute Gasteiger partial charge is 0.497 e. The molecule has 0 saturated heterocycles. The summed E-state index contributed by atoms with van der Waals surface area (Å²) in [6.07, 6.45) is 3.07. The first kappa shape index (κ1) is 15.8. The zero-order chi connectivity index (χ0) is 15.2. The van der Waals surface area contributed by atoms with Gasteiger partial charge in [0.2, 0.25) is 0 Å². The maximum atomic E-state index is 11.1. The zero-order valence-electron chi connectivity index (χ0n) is 12.7. The molecule has 21 heavy (non-hydrogen) atoms. The fraction of sp³-hybridized carbons (Fsp3) is 0.562. The SMILES string of the molecule is COCCN(CC(=O)O)C1CCCc2cc(OC)ccc21. The van der Waals surface area contributed by atoms with Gasteiger partial charge in [-0.3, -0.25) is 9.69 Å². The molecule has 5 heteroatoms. The molecule has 1 aliphatic rings. The topological polar surface area (TPSA) is 59.0 Å². The molecule has 2 rings (SSSR count). The average molecular weight is 293 g/mol. The van der Waals surface area contributed by atoms with Crippen molar-refractivity contribution in [1.29, 1.82) is 0 Å². The van der Waals surface area contributed by atoms with Gasteiger partial charge in [-0.05, 0) is 42.5 Å². The first-order valence-electron chi connectivity index (χ1n) is 7.27. The number of methoxy groups -OCH3 is 2. The quantitative estimate of drug-likeness (QED) is 0.834. The number of carboxylic acid groups (broad SMARTS) is 1. The van der Waals surface area contributed by atoms with E-state index in [-0.39, 0.29) is 12.6 Å². The summed E-state index contributed by atoms with van der Waals surface area (Å²) in [5, 5.41) is 9.14. The van der Waals surface area contributed by atoms with Crippen molar-refractivity contribution in [2.75, 3.05) is 33.9 Å². The van der Waals surface area contributed by atoms with Gasteiger partial charge in [-0.15, -0.1) is 0 Å². The van der Waals surface area contributed by atoms with Crippen LogP contribution in [-0.2, 0) is 16.0 Å². The Morgan fingerprint density at radius 3 is 2.90 bits per heavy atom. The average Bonchev–Trinajstić information content (AvgIpc) is 2.50. The first-order chi connectivity index (χ1) is 10.2. The summed E-state index contributed by atoms with van der Waals surface area (Å²) in [7, 11) is 3.30. The van der Waals surface area contributed by atoms with E-state index in [4.69, 9.17) is 14.6 Å². The Balaban J connectivity index is 2.24. The molecular formula is C16H23NO4. The van der Waals surface area contributed by atoms with E-state index in [1.807, 2.05) is 11.0 Å². The van der Waals surface area contributed by atoms with Gasteiger partial charge in [0.15, 0.2) is 0 Å². The van der Waals surface area contributed by atoms with Crippen LogP contribution >= 0.6 is 0 Å². The van der Waals surface area contributed by atoms with E-state index < -0.39 is 5.97 Å². The van der Waals surface area contributed by atoms with Crippen LogP contribution in [-0.4, -0.2) is 49.9 Å². The predicted molar refractivity (Wildman–Crippen MR) is 79.8 cm³/mol.